The van der Waals surface area contributed by atoms with Gasteiger partial charge < -0.3 is 14.8 Å². The highest BCUT2D eigenvalue weighted by Crippen LogP contribution is 2.27. The van der Waals surface area contributed by atoms with E-state index in [1.807, 2.05) is 20.8 Å². The third kappa shape index (κ3) is 4.00. The topological polar surface area (TPSA) is 47.6 Å². The summed E-state index contributed by atoms with van der Waals surface area (Å²) in [5.74, 6) is 0. The molecule has 98 valence electrons. The van der Waals surface area contributed by atoms with Gasteiger partial charge in [-0.3, -0.25) is 0 Å². The van der Waals surface area contributed by atoms with E-state index in [9.17, 15) is 4.79 Å². The molecule has 0 radical (unpaired) electrons. The number of alkyl carbamates (subject to hydrolysis) is 1. The predicted octanol–water partition coefficient (Wildman–Crippen LogP) is 2.62. The number of ether oxygens (including phenoxy) is 2. The molecule has 1 amide bonds. The van der Waals surface area contributed by atoms with Crippen LogP contribution in [0.4, 0.5) is 4.79 Å². The lowest BCUT2D eigenvalue weighted by Crippen LogP contribution is -2.52. The molecule has 1 heterocycles. The fraction of sp³-hybridized carbons (Fsp3) is 0.750. The second-order valence-corrected chi connectivity index (χ2v) is 5.81. The number of carbonyl (C=O) groups excluding carboxylic acids is 1. The summed E-state index contributed by atoms with van der Waals surface area (Å²) in [5, 5.41) is 3.52. The number of amides is 1. The predicted molar refractivity (Wildman–Crippen MR) is 70.5 cm³/mol. The van der Waals surface area contributed by atoms with Gasteiger partial charge in [-0.25, -0.2) is 4.79 Å². The van der Waals surface area contributed by atoms with Crippen LogP contribution in [0.5, 0.6) is 0 Å². The summed E-state index contributed by atoms with van der Waals surface area (Å²) in [5.41, 5.74) is -0.0902. The number of nitrogens with one attached hydrogen (secondary N) is 1. The van der Waals surface area contributed by atoms with E-state index in [0.29, 0.717) is 18.5 Å². The molecule has 1 atom stereocenters. The number of hydrogen-bond acceptors (Lipinski definition) is 3. The molecule has 1 aliphatic rings. The third-order valence-electron chi connectivity index (χ3n) is 2.60. The standard InChI is InChI=1S/C12H20BrNO3/c1-9(7-13)12(5-6-16-8-12)14-10(15)17-11(2,3)4/h1,5-8H2,2-4H3,(H,14,15). The molecule has 0 saturated carbocycles. The lowest BCUT2D eigenvalue weighted by atomic mass is 9.91. The third-order valence-corrected chi connectivity index (χ3v) is 3.28. The van der Waals surface area contributed by atoms with E-state index in [4.69, 9.17) is 9.47 Å². The Morgan fingerprint density at radius 2 is 2.24 bits per heavy atom. The van der Waals surface area contributed by atoms with Gasteiger partial charge in [-0.05, 0) is 26.3 Å². The van der Waals surface area contributed by atoms with E-state index < -0.39 is 17.2 Å². The van der Waals surface area contributed by atoms with Crippen molar-refractivity contribution >= 4 is 22.0 Å². The van der Waals surface area contributed by atoms with Crippen molar-refractivity contribution in [1.82, 2.24) is 5.32 Å². The molecule has 0 spiro atoms. The van der Waals surface area contributed by atoms with Gasteiger partial charge in [-0.15, -0.1) is 0 Å². The highest BCUT2D eigenvalue weighted by molar-refractivity contribution is 9.09. The second kappa shape index (κ2) is 5.40. The smallest absolute Gasteiger partial charge is 0.408 e. The Bertz CT molecular complexity index is 303. The van der Waals surface area contributed by atoms with Crippen LogP contribution in [-0.2, 0) is 9.47 Å². The fourth-order valence-electron chi connectivity index (χ4n) is 1.66. The highest BCUT2D eigenvalue weighted by atomic mass is 79.9. The Hall–Kier alpha value is -0.550. The Labute approximate surface area is 111 Å². The maximum atomic E-state index is 11.8. The molecule has 0 aromatic carbocycles. The van der Waals surface area contributed by atoms with Gasteiger partial charge in [0.1, 0.15) is 5.60 Å². The van der Waals surface area contributed by atoms with E-state index in [2.05, 4.69) is 27.8 Å². The van der Waals surface area contributed by atoms with Crippen LogP contribution in [0.2, 0.25) is 0 Å². The van der Waals surface area contributed by atoms with Crippen LogP contribution in [0, 0.1) is 0 Å². The zero-order valence-electron chi connectivity index (χ0n) is 10.6. The average molecular weight is 306 g/mol. The molecule has 0 aromatic heterocycles. The summed E-state index contributed by atoms with van der Waals surface area (Å²) in [7, 11) is 0. The van der Waals surface area contributed by atoms with Crippen molar-refractivity contribution in [3.8, 4) is 0 Å². The first-order valence-electron chi connectivity index (χ1n) is 5.62. The minimum atomic E-state index is -0.500. The van der Waals surface area contributed by atoms with Crippen molar-refractivity contribution in [2.45, 2.75) is 38.3 Å². The molecule has 0 aromatic rings. The highest BCUT2D eigenvalue weighted by Gasteiger charge is 2.39. The van der Waals surface area contributed by atoms with Crippen molar-refractivity contribution in [2.75, 3.05) is 18.5 Å². The Morgan fingerprint density at radius 3 is 2.65 bits per heavy atom. The summed E-state index contributed by atoms with van der Waals surface area (Å²) >= 11 is 3.36. The number of halogens is 1. The van der Waals surface area contributed by atoms with E-state index >= 15 is 0 Å². The van der Waals surface area contributed by atoms with Gasteiger partial charge in [0.25, 0.3) is 0 Å². The fourth-order valence-corrected chi connectivity index (χ4v) is 2.19. The van der Waals surface area contributed by atoms with E-state index in [1.165, 1.54) is 0 Å². The molecule has 1 N–H and O–H groups in total. The molecule has 1 fully saturated rings. The molecule has 1 rings (SSSR count). The molecular formula is C12H20BrNO3. The van der Waals surface area contributed by atoms with Crippen molar-refractivity contribution < 1.29 is 14.3 Å². The number of rotatable bonds is 3. The monoisotopic (exact) mass is 305 g/mol. The first-order chi connectivity index (χ1) is 7.79. The summed E-state index contributed by atoms with van der Waals surface area (Å²) in [6, 6.07) is 0. The Kier molecular flexibility index (Phi) is 4.61. The maximum Gasteiger partial charge on any atom is 0.408 e. The quantitative estimate of drug-likeness (QED) is 0.644. The van der Waals surface area contributed by atoms with Gasteiger partial charge in [0.05, 0.1) is 12.1 Å². The second-order valence-electron chi connectivity index (χ2n) is 5.25. The first kappa shape index (κ1) is 14.5. The van der Waals surface area contributed by atoms with Crippen LogP contribution in [-0.4, -0.2) is 35.8 Å². The van der Waals surface area contributed by atoms with Crippen LogP contribution in [0.1, 0.15) is 27.2 Å². The van der Waals surface area contributed by atoms with Crippen LogP contribution < -0.4 is 5.32 Å². The summed E-state index contributed by atoms with van der Waals surface area (Å²) in [4.78, 5) is 11.8. The number of carbonyl (C=O) groups is 1. The van der Waals surface area contributed by atoms with Gasteiger partial charge in [0.15, 0.2) is 0 Å². The zero-order chi connectivity index (χ0) is 13.1. The minimum absolute atomic E-state index is 0.426. The normalized spacial score (nSPS) is 24.5. The minimum Gasteiger partial charge on any atom is -0.444 e. The van der Waals surface area contributed by atoms with Gasteiger partial charge >= 0.3 is 6.09 Å². The Balaban J connectivity index is 2.68. The number of hydrogen-bond donors (Lipinski definition) is 1. The summed E-state index contributed by atoms with van der Waals surface area (Å²) in [6.45, 7) is 10.6. The van der Waals surface area contributed by atoms with E-state index in [-0.39, 0.29) is 0 Å². The van der Waals surface area contributed by atoms with Crippen molar-refractivity contribution in [3.05, 3.63) is 12.2 Å². The summed E-state index contributed by atoms with van der Waals surface area (Å²) in [6.07, 6.45) is 0.307. The first-order valence-corrected chi connectivity index (χ1v) is 6.74. The largest absolute Gasteiger partial charge is 0.444 e. The molecule has 1 aliphatic heterocycles. The van der Waals surface area contributed by atoms with Gasteiger partial charge in [0, 0.05) is 18.4 Å². The van der Waals surface area contributed by atoms with Gasteiger partial charge in [-0.2, -0.15) is 0 Å². The van der Waals surface area contributed by atoms with Gasteiger partial charge in [-0.1, -0.05) is 22.5 Å². The molecule has 4 nitrogen and oxygen atoms in total. The molecule has 0 bridgehead atoms. The van der Waals surface area contributed by atoms with Crippen molar-refractivity contribution in [1.29, 1.82) is 0 Å². The molecule has 1 saturated heterocycles. The van der Waals surface area contributed by atoms with Crippen molar-refractivity contribution in [2.24, 2.45) is 0 Å². The van der Waals surface area contributed by atoms with Crippen LogP contribution in [0.3, 0.4) is 0 Å². The molecular weight excluding hydrogens is 286 g/mol. The van der Waals surface area contributed by atoms with Crippen LogP contribution in [0.25, 0.3) is 0 Å². The zero-order valence-corrected chi connectivity index (χ0v) is 12.2. The van der Waals surface area contributed by atoms with E-state index in [0.717, 1.165) is 12.0 Å². The lowest BCUT2D eigenvalue weighted by Gasteiger charge is -2.31. The van der Waals surface area contributed by atoms with Crippen molar-refractivity contribution in [3.63, 3.8) is 0 Å². The molecule has 5 heteroatoms. The number of alkyl halides is 1. The maximum absolute atomic E-state index is 11.8. The SMILES string of the molecule is C=C(CBr)C1(NC(=O)OC(C)(C)C)CCOC1. The lowest BCUT2D eigenvalue weighted by molar-refractivity contribution is 0.0462. The average Bonchev–Trinajstić information content (AvgIpc) is 2.63. The van der Waals surface area contributed by atoms with Crippen LogP contribution >= 0.6 is 15.9 Å². The van der Waals surface area contributed by atoms with E-state index in [1.54, 1.807) is 0 Å². The summed E-state index contributed by atoms with van der Waals surface area (Å²) < 4.78 is 10.6. The van der Waals surface area contributed by atoms with Crippen LogP contribution in [0.15, 0.2) is 12.2 Å². The Morgan fingerprint density at radius 1 is 1.59 bits per heavy atom. The molecule has 0 aliphatic carbocycles. The molecule has 1 unspecified atom stereocenters. The molecule has 17 heavy (non-hydrogen) atoms. The van der Waals surface area contributed by atoms with Gasteiger partial charge in [0.2, 0.25) is 0 Å².